The molecule has 5 N–H and O–H groups in total. The number of hydrogen-bond acceptors (Lipinski definition) is 5. The number of carbonyl (C=O) groups excluding carboxylic acids is 1. The summed E-state index contributed by atoms with van der Waals surface area (Å²) in [5.74, 6) is 1.16. The molecule has 3 saturated carbocycles. The molecule has 3 aliphatic carbocycles. The number of unbranched alkanes of at least 4 members (excludes halogenated alkanes) is 1. The number of nitrogens with one attached hydrogen (secondary N) is 1. The van der Waals surface area contributed by atoms with E-state index in [1.165, 1.54) is 12.0 Å². The van der Waals surface area contributed by atoms with Crippen LogP contribution in [0.5, 0.6) is 0 Å². The summed E-state index contributed by atoms with van der Waals surface area (Å²) in [7, 11) is -0.325. The summed E-state index contributed by atoms with van der Waals surface area (Å²) in [5.41, 5.74) is 12.9. The van der Waals surface area contributed by atoms with E-state index in [0.717, 1.165) is 25.7 Å². The van der Waals surface area contributed by atoms with Crippen molar-refractivity contribution in [2.75, 3.05) is 13.1 Å². The van der Waals surface area contributed by atoms with Crippen LogP contribution in [-0.2, 0) is 20.5 Å². The first-order valence-corrected chi connectivity index (χ1v) is 12.4. The predicted octanol–water partition coefficient (Wildman–Crippen LogP) is 2.90. The van der Waals surface area contributed by atoms with E-state index in [9.17, 15) is 4.79 Å². The normalized spacial score (nSPS) is 32.0. The van der Waals surface area contributed by atoms with Crippen molar-refractivity contribution in [3.8, 4) is 0 Å². The minimum atomic E-state index is -0.502. The van der Waals surface area contributed by atoms with E-state index in [4.69, 9.17) is 20.8 Å². The lowest BCUT2D eigenvalue weighted by Crippen LogP contribution is -2.65. The molecule has 1 aliphatic heterocycles. The second kappa shape index (κ2) is 9.45. The topological polar surface area (TPSA) is 99.6 Å². The van der Waals surface area contributed by atoms with Crippen LogP contribution in [0.4, 0.5) is 0 Å². The fourth-order valence-corrected chi connectivity index (χ4v) is 6.29. The summed E-state index contributed by atoms with van der Waals surface area (Å²) in [6.07, 6.45) is 5.62. The molecule has 0 spiro atoms. The van der Waals surface area contributed by atoms with Gasteiger partial charge in [0.2, 0.25) is 5.91 Å². The molecule has 6 atom stereocenters. The second-order valence-electron chi connectivity index (χ2n) is 10.9. The van der Waals surface area contributed by atoms with Gasteiger partial charge in [-0.2, -0.15) is 0 Å². The zero-order valence-electron chi connectivity index (χ0n) is 19.9. The van der Waals surface area contributed by atoms with E-state index in [2.05, 4.69) is 38.2 Å². The molecule has 4 fully saturated rings. The van der Waals surface area contributed by atoms with Gasteiger partial charge in [0.05, 0.1) is 17.7 Å². The highest BCUT2D eigenvalue weighted by molar-refractivity contribution is 6.47. The summed E-state index contributed by atoms with van der Waals surface area (Å²) in [6.45, 7) is 8.10. The molecule has 1 saturated heterocycles. The third-order valence-electron chi connectivity index (χ3n) is 8.54. The zero-order chi connectivity index (χ0) is 22.9. The Hall–Kier alpha value is -1.41. The van der Waals surface area contributed by atoms with Crippen molar-refractivity contribution in [3.63, 3.8) is 0 Å². The molecule has 2 bridgehead atoms. The van der Waals surface area contributed by atoms with Crippen molar-refractivity contribution in [3.05, 3.63) is 35.9 Å². The first-order chi connectivity index (χ1) is 15.3. The monoisotopic (exact) mass is 441 g/mol. The SMILES string of the molecule is CC1(C)C2CC3OB([C@@H](CNC(=O)[C@@H](N)CCCCN)Cc4ccccc4)O[C@]3(C)C1C2. The molecule has 4 aliphatic rings. The number of rotatable bonds is 10. The minimum Gasteiger partial charge on any atom is -0.405 e. The Morgan fingerprint density at radius 1 is 1.22 bits per heavy atom. The van der Waals surface area contributed by atoms with Gasteiger partial charge < -0.3 is 26.1 Å². The number of hydrogen-bond donors (Lipinski definition) is 3. The highest BCUT2D eigenvalue weighted by Gasteiger charge is 2.68. The van der Waals surface area contributed by atoms with E-state index in [-0.39, 0.29) is 30.5 Å². The Morgan fingerprint density at radius 2 is 1.97 bits per heavy atom. The van der Waals surface area contributed by atoms with E-state index >= 15 is 0 Å². The maximum absolute atomic E-state index is 12.6. The Labute approximate surface area is 193 Å². The summed E-state index contributed by atoms with van der Waals surface area (Å²) < 4.78 is 13.3. The highest BCUT2D eigenvalue weighted by Crippen LogP contribution is 2.66. The number of carbonyl (C=O) groups is 1. The lowest BCUT2D eigenvalue weighted by atomic mass is 9.43. The first kappa shape index (κ1) is 23.7. The van der Waals surface area contributed by atoms with E-state index in [1.807, 2.05) is 18.2 Å². The number of amides is 1. The molecule has 1 heterocycles. The van der Waals surface area contributed by atoms with Crippen LogP contribution < -0.4 is 16.8 Å². The van der Waals surface area contributed by atoms with Crippen LogP contribution in [0.15, 0.2) is 30.3 Å². The van der Waals surface area contributed by atoms with Gasteiger partial charge in [0.25, 0.3) is 0 Å². The van der Waals surface area contributed by atoms with Crippen molar-refractivity contribution in [1.29, 1.82) is 0 Å². The molecule has 1 aromatic carbocycles. The van der Waals surface area contributed by atoms with Crippen molar-refractivity contribution in [2.24, 2.45) is 28.7 Å². The third-order valence-corrected chi connectivity index (χ3v) is 8.54. The maximum atomic E-state index is 12.6. The van der Waals surface area contributed by atoms with Gasteiger partial charge in [-0.15, -0.1) is 0 Å². The Bertz CT molecular complexity index is 792. The van der Waals surface area contributed by atoms with Crippen LogP contribution in [-0.4, -0.2) is 43.9 Å². The molecule has 5 rings (SSSR count). The van der Waals surface area contributed by atoms with Gasteiger partial charge in [0.15, 0.2) is 0 Å². The van der Waals surface area contributed by atoms with Crippen LogP contribution in [0.3, 0.4) is 0 Å². The molecule has 6 nitrogen and oxygen atoms in total. The molecule has 0 aromatic heterocycles. The van der Waals surface area contributed by atoms with Gasteiger partial charge in [0, 0.05) is 12.4 Å². The molecule has 1 aromatic rings. The summed E-state index contributed by atoms with van der Waals surface area (Å²) in [5, 5.41) is 3.08. The van der Waals surface area contributed by atoms with Crippen molar-refractivity contribution in [2.45, 2.75) is 82.9 Å². The van der Waals surface area contributed by atoms with Crippen LogP contribution in [0.25, 0.3) is 0 Å². The van der Waals surface area contributed by atoms with Gasteiger partial charge in [-0.3, -0.25) is 4.79 Å². The van der Waals surface area contributed by atoms with Crippen LogP contribution in [0.2, 0.25) is 5.82 Å². The molecule has 7 heteroatoms. The molecule has 0 radical (unpaired) electrons. The zero-order valence-corrected chi connectivity index (χ0v) is 19.9. The molecular formula is C25H40BN3O3. The third kappa shape index (κ3) is 4.50. The van der Waals surface area contributed by atoms with Crippen molar-refractivity contribution >= 4 is 13.0 Å². The van der Waals surface area contributed by atoms with Crippen molar-refractivity contribution < 1.29 is 14.1 Å². The van der Waals surface area contributed by atoms with Gasteiger partial charge >= 0.3 is 7.12 Å². The molecule has 3 unspecified atom stereocenters. The van der Waals surface area contributed by atoms with E-state index < -0.39 is 6.04 Å². The average molecular weight is 441 g/mol. The predicted molar refractivity (Wildman–Crippen MR) is 128 cm³/mol. The van der Waals surface area contributed by atoms with Gasteiger partial charge in [-0.05, 0) is 68.4 Å². The van der Waals surface area contributed by atoms with E-state index in [0.29, 0.717) is 36.8 Å². The average Bonchev–Trinajstić information content (AvgIpc) is 3.14. The molecular weight excluding hydrogens is 401 g/mol. The van der Waals surface area contributed by atoms with E-state index in [1.54, 1.807) is 0 Å². The highest BCUT2D eigenvalue weighted by atomic mass is 16.7. The number of nitrogens with two attached hydrogens (primary N) is 2. The lowest BCUT2D eigenvalue weighted by molar-refractivity contribution is -0.199. The fourth-order valence-electron chi connectivity index (χ4n) is 6.29. The Balaban J connectivity index is 1.43. The largest absolute Gasteiger partial charge is 0.463 e. The van der Waals surface area contributed by atoms with Crippen molar-refractivity contribution in [1.82, 2.24) is 5.32 Å². The van der Waals surface area contributed by atoms with Gasteiger partial charge in [0.1, 0.15) is 0 Å². The first-order valence-electron chi connectivity index (χ1n) is 12.4. The Morgan fingerprint density at radius 3 is 2.66 bits per heavy atom. The Kier molecular flexibility index (Phi) is 7.01. The standard InChI is InChI=1S/C25H40BN3O3/c1-24(2)18-14-21(24)25(3)22(15-18)31-26(32-25)19(13-17-9-5-4-6-10-17)16-29-23(30)20(28)11-7-8-12-27/h4-6,9-10,18-22H,7-8,11-16,27-28H2,1-3H3,(H,29,30)/t18?,19-,20+,21?,22?,25-/m1/s1. The van der Waals surface area contributed by atoms with Crippen LogP contribution in [0, 0.1) is 17.3 Å². The fraction of sp³-hybridized carbons (Fsp3) is 0.720. The summed E-state index contributed by atoms with van der Waals surface area (Å²) in [4.78, 5) is 12.6. The second-order valence-corrected chi connectivity index (χ2v) is 10.9. The van der Waals surface area contributed by atoms with Gasteiger partial charge in [-0.25, -0.2) is 0 Å². The van der Waals surface area contributed by atoms with Crippen LogP contribution in [0.1, 0.15) is 58.4 Å². The smallest absolute Gasteiger partial charge is 0.405 e. The van der Waals surface area contributed by atoms with Crippen LogP contribution >= 0.6 is 0 Å². The maximum Gasteiger partial charge on any atom is 0.463 e. The quantitative estimate of drug-likeness (QED) is 0.383. The molecule has 32 heavy (non-hydrogen) atoms. The summed E-state index contributed by atoms with van der Waals surface area (Å²) >= 11 is 0. The summed E-state index contributed by atoms with van der Waals surface area (Å²) in [6, 6.07) is 9.86. The molecule has 1 amide bonds. The van der Waals surface area contributed by atoms with Gasteiger partial charge in [-0.1, -0.05) is 50.6 Å². The minimum absolute atomic E-state index is 0.0281. The molecule has 176 valence electrons. The lowest BCUT2D eigenvalue weighted by Gasteiger charge is -2.64. The number of benzene rings is 1.